The van der Waals surface area contributed by atoms with Gasteiger partial charge >= 0.3 is 0 Å². The van der Waals surface area contributed by atoms with Crippen LogP contribution in [0.3, 0.4) is 0 Å². The Morgan fingerprint density at radius 2 is 1.68 bits per heavy atom. The van der Waals surface area contributed by atoms with Crippen molar-refractivity contribution in [2.24, 2.45) is 12.0 Å². The molecule has 0 fully saturated rings. The molecule has 0 aliphatic carbocycles. The topological polar surface area (TPSA) is 43.6 Å². The number of aromatic nitrogens is 1. The van der Waals surface area contributed by atoms with Crippen molar-refractivity contribution in [1.82, 2.24) is 4.57 Å². The predicted octanol–water partition coefficient (Wildman–Crippen LogP) is 5.79. The van der Waals surface area contributed by atoms with Crippen molar-refractivity contribution >= 4 is 17.2 Å². The molecule has 0 spiro atoms. The molecule has 0 aliphatic rings. The van der Waals surface area contributed by atoms with Crippen molar-refractivity contribution in [3.63, 3.8) is 0 Å². The largest absolute Gasteiger partial charge is 0.497 e. The maximum Gasteiger partial charge on any atom is 0.279 e. The van der Waals surface area contributed by atoms with Gasteiger partial charge in [-0.2, -0.15) is 4.99 Å². The summed E-state index contributed by atoms with van der Waals surface area (Å²) in [4.78, 5) is 19.1. The Hall–Kier alpha value is -3.44. The second-order valence-electron chi connectivity index (χ2n) is 7.44. The highest BCUT2D eigenvalue weighted by Gasteiger charge is 2.17. The summed E-state index contributed by atoms with van der Waals surface area (Å²) in [6.45, 7) is 4.23. The molecule has 1 amide bonds. The van der Waals surface area contributed by atoms with Crippen LogP contribution < -0.4 is 9.54 Å². The molecule has 0 saturated carbocycles. The molecular weight excluding hydrogens is 404 g/mol. The lowest BCUT2D eigenvalue weighted by atomic mass is 10.0. The van der Waals surface area contributed by atoms with Crippen molar-refractivity contribution in [3.8, 4) is 27.4 Å². The van der Waals surface area contributed by atoms with Gasteiger partial charge in [0.2, 0.25) is 0 Å². The molecule has 0 radical (unpaired) electrons. The summed E-state index contributed by atoms with van der Waals surface area (Å²) >= 11 is 1.52. The number of aryl methyl sites for hydroxylation is 2. The highest BCUT2D eigenvalue weighted by Crippen LogP contribution is 2.35. The van der Waals surface area contributed by atoms with Gasteiger partial charge in [-0.1, -0.05) is 59.9 Å². The number of thiazole rings is 1. The third-order valence-corrected chi connectivity index (χ3v) is 6.54. The third kappa shape index (κ3) is 4.23. The average Bonchev–Trinajstić information content (AvgIpc) is 3.12. The van der Waals surface area contributed by atoms with Crippen molar-refractivity contribution in [2.75, 3.05) is 7.11 Å². The molecule has 156 valence electrons. The minimum absolute atomic E-state index is 0.290. The van der Waals surface area contributed by atoms with E-state index in [1.165, 1.54) is 22.5 Å². The van der Waals surface area contributed by atoms with E-state index in [0.717, 1.165) is 21.7 Å². The molecule has 4 aromatic rings. The first-order valence-corrected chi connectivity index (χ1v) is 10.9. The van der Waals surface area contributed by atoms with Crippen LogP contribution in [0, 0.1) is 13.8 Å². The normalized spacial score (nSPS) is 11.5. The highest BCUT2D eigenvalue weighted by atomic mass is 32.1. The van der Waals surface area contributed by atoms with E-state index in [4.69, 9.17) is 4.74 Å². The SMILES string of the molecule is COc1cccc(C(=O)N=c2sc(-c3ccccc3)c(-c3ccc(C)c(C)c3)n2C)c1. The van der Waals surface area contributed by atoms with E-state index in [1.54, 1.807) is 25.3 Å². The predicted molar refractivity (Wildman–Crippen MR) is 127 cm³/mol. The lowest BCUT2D eigenvalue weighted by molar-refractivity contribution is 0.0997. The van der Waals surface area contributed by atoms with Crippen LogP contribution in [-0.4, -0.2) is 17.6 Å². The molecule has 5 heteroatoms. The molecule has 0 unspecified atom stereocenters. The minimum Gasteiger partial charge on any atom is -0.497 e. The number of carbonyl (C=O) groups excluding carboxylic acids is 1. The van der Waals surface area contributed by atoms with Gasteiger partial charge in [0.1, 0.15) is 5.75 Å². The summed E-state index contributed by atoms with van der Waals surface area (Å²) in [7, 11) is 3.55. The molecule has 0 saturated heterocycles. The van der Waals surface area contributed by atoms with Gasteiger partial charge in [-0.15, -0.1) is 0 Å². The van der Waals surface area contributed by atoms with Crippen molar-refractivity contribution in [2.45, 2.75) is 13.8 Å². The maximum atomic E-state index is 12.9. The molecule has 4 nitrogen and oxygen atoms in total. The fourth-order valence-corrected chi connectivity index (χ4v) is 4.60. The third-order valence-electron chi connectivity index (χ3n) is 5.36. The number of hydrogen-bond donors (Lipinski definition) is 0. The van der Waals surface area contributed by atoms with E-state index < -0.39 is 0 Å². The van der Waals surface area contributed by atoms with E-state index >= 15 is 0 Å². The zero-order valence-electron chi connectivity index (χ0n) is 18.0. The van der Waals surface area contributed by atoms with Gasteiger partial charge in [-0.3, -0.25) is 4.79 Å². The smallest absolute Gasteiger partial charge is 0.279 e. The van der Waals surface area contributed by atoms with Crippen LogP contribution in [0.2, 0.25) is 0 Å². The van der Waals surface area contributed by atoms with Gasteiger partial charge in [0.05, 0.1) is 17.7 Å². The quantitative estimate of drug-likeness (QED) is 0.413. The standard InChI is InChI=1S/C26H24N2O2S/c1-17-13-14-20(15-18(17)2)23-24(19-9-6-5-7-10-19)31-26(28(23)3)27-25(29)21-11-8-12-22(16-21)30-4/h5-16H,1-4H3. The van der Waals surface area contributed by atoms with Crippen molar-refractivity contribution < 1.29 is 9.53 Å². The molecule has 4 rings (SSSR count). The van der Waals surface area contributed by atoms with Gasteiger partial charge in [0.25, 0.3) is 5.91 Å². The number of rotatable bonds is 4. The number of ether oxygens (including phenoxy) is 1. The molecule has 0 atom stereocenters. The number of benzene rings is 3. The fourth-order valence-electron chi connectivity index (χ4n) is 3.46. The lowest BCUT2D eigenvalue weighted by Gasteiger charge is -2.09. The van der Waals surface area contributed by atoms with E-state index in [-0.39, 0.29) is 5.91 Å². The van der Waals surface area contributed by atoms with Gasteiger partial charge in [-0.05, 0) is 60.4 Å². The summed E-state index contributed by atoms with van der Waals surface area (Å²) < 4.78 is 7.25. The Labute approximate surface area is 186 Å². The summed E-state index contributed by atoms with van der Waals surface area (Å²) in [5, 5.41) is 0. The Balaban J connectivity index is 1.90. The number of nitrogens with zero attached hydrogens (tertiary/aromatic N) is 2. The molecule has 0 aliphatic heterocycles. The van der Waals surface area contributed by atoms with E-state index in [9.17, 15) is 4.79 Å². The first-order valence-electron chi connectivity index (χ1n) is 10.0. The van der Waals surface area contributed by atoms with Crippen LogP contribution in [0.4, 0.5) is 0 Å². The summed E-state index contributed by atoms with van der Waals surface area (Å²) in [5.74, 6) is 0.347. The Morgan fingerprint density at radius 3 is 2.39 bits per heavy atom. The van der Waals surface area contributed by atoms with Crippen molar-refractivity contribution in [1.29, 1.82) is 0 Å². The van der Waals surface area contributed by atoms with Crippen molar-refractivity contribution in [3.05, 3.63) is 94.3 Å². The van der Waals surface area contributed by atoms with Crippen LogP contribution in [0.1, 0.15) is 21.5 Å². The monoisotopic (exact) mass is 428 g/mol. The van der Waals surface area contributed by atoms with E-state index in [2.05, 4.69) is 49.2 Å². The second kappa shape index (κ2) is 8.74. The summed E-state index contributed by atoms with van der Waals surface area (Å²) in [6, 6.07) is 23.8. The molecule has 1 aromatic heterocycles. The zero-order valence-corrected chi connectivity index (χ0v) is 18.9. The average molecular weight is 429 g/mol. The lowest BCUT2D eigenvalue weighted by Crippen LogP contribution is -2.14. The molecule has 0 N–H and O–H groups in total. The first kappa shape index (κ1) is 20.8. The Bertz CT molecular complexity index is 1320. The Kier molecular flexibility index (Phi) is 5.87. The molecule has 31 heavy (non-hydrogen) atoms. The molecule has 0 bridgehead atoms. The molecule has 3 aromatic carbocycles. The van der Waals surface area contributed by atoms with Gasteiger partial charge in [0, 0.05) is 12.6 Å². The van der Waals surface area contributed by atoms with Crippen LogP contribution in [0.15, 0.2) is 77.8 Å². The van der Waals surface area contributed by atoms with Gasteiger partial charge in [0.15, 0.2) is 4.80 Å². The highest BCUT2D eigenvalue weighted by molar-refractivity contribution is 7.13. The summed E-state index contributed by atoms with van der Waals surface area (Å²) in [5.41, 5.74) is 6.25. The first-order chi connectivity index (χ1) is 15.0. The molecular formula is C26H24N2O2S. The van der Waals surface area contributed by atoms with Gasteiger partial charge < -0.3 is 9.30 Å². The van der Waals surface area contributed by atoms with Gasteiger partial charge in [-0.25, -0.2) is 0 Å². The maximum absolute atomic E-state index is 12.9. The van der Waals surface area contributed by atoms with Crippen LogP contribution in [0.25, 0.3) is 21.7 Å². The number of amides is 1. The van der Waals surface area contributed by atoms with E-state index in [0.29, 0.717) is 16.1 Å². The Morgan fingerprint density at radius 1 is 0.903 bits per heavy atom. The number of hydrogen-bond acceptors (Lipinski definition) is 3. The summed E-state index contributed by atoms with van der Waals surface area (Å²) in [6.07, 6.45) is 0. The number of methoxy groups -OCH3 is 1. The zero-order chi connectivity index (χ0) is 22.0. The van der Waals surface area contributed by atoms with Crippen LogP contribution in [0.5, 0.6) is 5.75 Å². The number of carbonyl (C=O) groups is 1. The second-order valence-corrected chi connectivity index (χ2v) is 8.41. The van der Waals surface area contributed by atoms with Crippen LogP contribution in [-0.2, 0) is 7.05 Å². The van der Waals surface area contributed by atoms with E-state index in [1.807, 2.05) is 35.9 Å². The fraction of sp³-hybridized carbons (Fsp3) is 0.154. The minimum atomic E-state index is -0.290. The molecule has 1 heterocycles. The van der Waals surface area contributed by atoms with Crippen LogP contribution >= 0.6 is 11.3 Å².